The average molecular weight is 227 g/mol. The molecule has 0 aromatic carbocycles. The van der Waals surface area contributed by atoms with Crippen molar-refractivity contribution in [3.05, 3.63) is 0 Å². The van der Waals surface area contributed by atoms with Crippen LogP contribution in [0.15, 0.2) is 0 Å². The van der Waals surface area contributed by atoms with E-state index in [4.69, 9.17) is 4.74 Å². The Labute approximate surface area is 96.7 Å². The first kappa shape index (κ1) is 11.7. The van der Waals surface area contributed by atoms with Gasteiger partial charge in [-0.25, -0.2) is 4.79 Å². The Kier molecular flexibility index (Phi) is 4.01. The van der Waals surface area contributed by atoms with Crippen molar-refractivity contribution < 1.29 is 9.53 Å². The lowest BCUT2D eigenvalue weighted by Crippen LogP contribution is -2.53. The minimum Gasteiger partial charge on any atom is -0.378 e. The summed E-state index contributed by atoms with van der Waals surface area (Å²) in [7, 11) is 1.91. The molecule has 2 amide bonds. The van der Waals surface area contributed by atoms with Crippen molar-refractivity contribution >= 4 is 6.03 Å². The van der Waals surface area contributed by atoms with Gasteiger partial charge in [-0.2, -0.15) is 0 Å². The number of piperidine rings is 1. The summed E-state index contributed by atoms with van der Waals surface area (Å²) in [4.78, 5) is 15.9. The molecule has 2 saturated heterocycles. The van der Waals surface area contributed by atoms with Gasteiger partial charge in [0.1, 0.15) is 0 Å². The van der Waals surface area contributed by atoms with Crippen molar-refractivity contribution in [2.45, 2.75) is 18.9 Å². The lowest BCUT2D eigenvalue weighted by molar-refractivity contribution is 0.0409. The van der Waals surface area contributed by atoms with E-state index in [1.807, 2.05) is 16.8 Å². The van der Waals surface area contributed by atoms with E-state index in [9.17, 15) is 4.79 Å². The van der Waals surface area contributed by atoms with Gasteiger partial charge in [0.2, 0.25) is 0 Å². The van der Waals surface area contributed by atoms with Crippen LogP contribution in [0.1, 0.15) is 12.8 Å². The minimum atomic E-state index is 0.150. The molecule has 2 aliphatic rings. The van der Waals surface area contributed by atoms with Crippen LogP contribution in [-0.2, 0) is 4.74 Å². The number of morpholine rings is 1. The molecule has 1 atom stereocenters. The third-order valence-electron chi connectivity index (χ3n) is 3.40. The van der Waals surface area contributed by atoms with Crippen molar-refractivity contribution in [1.82, 2.24) is 15.1 Å². The molecule has 2 aliphatic heterocycles. The third-order valence-corrected chi connectivity index (χ3v) is 3.40. The smallest absolute Gasteiger partial charge is 0.320 e. The van der Waals surface area contributed by atoms with Gasteiger partial charge in [0, 0.05) is 32.7 Å². The molecule has 0 unspecified atom stereocenters. The van der Waals surface area contributed by atoms with E-state index in [0.29, 0.717) is 19.3 Å². The van der Waals surface area contributed by atoms with Gasteiger partial charge < -0.3 is 19.9 Å². The van der Waals surface area contributed by atoms with E-state index in [0.717, 1.165) is 39.0 Å². The van der Waals surface area contributed by atoms with Gasteiger partial charge in [0.15, 0.2) is 0 Å². The molecule has 2 rings (SSSR count). The molecule has 2 fully saturated rings. The Morgan fingerprint density at radius 2 is 2.19 bits per heavy atom. The Balaban J connectivity index is 1.86. The van der Waals surface area contributed by atoms with E-state index in [-0.39, 0.29) is 6.03 Å². The van der Waals surface area contributed by atoms with Gasteiger partial charge in [-0.05, 0) is 19.4 Å². The Bertz CT molecular complexity index is 235. The predicted molar refractivity (Wildman–Crippen MR) is 61.4 cm³/mol. The third kappa shape index (κ3) is 2.65. The first-order valence-electron chi connectivity index (χ1n) is 6.09. The SMILES string of the molecule is CN(C(=O)N1CCOCC1)[C@H]1CCCNC1. The second-order valence-corrected chi connectivity index (χ2v) is 4.49. The number of ether oxygens (including phenoxy) is 1. The fourth-order valence-corrected chi connectivity index (χ4v) is 2.30. The van der Waals surface area contributed by atoms with Gasteiger partial charge in [-0.1, -0.05) is 0 Å². The van der Waals surface area contributed by atoms with Crippen LogP contribution in [-0.4, -0.2) is 68.3 Å². The highest BCUT2D eigenvalue weighted by Gasteiger charge is 2.26. The monoisotopic (exact) mass is 227 g/mol. The lowest BCUT2D eigenvalue weighted by atomic mass is 10.1. The summed E-state index contributed by atoms with van der Waals surface area (Å²) in [6.45, 7) is 4.79. The zero-order chi connectivity index (χ0) is 11.4. The molecule has 0 aromatic heterocycles. The first-order valence-corrected chi connectivity index (χ1v) is 6.09. The van der Waals surface area contributed by atoms with E-state index in [2.05, 4.69) is 5.32 Å². The minimum absolute atomic E-state index is 0.150. The summed E-state index contributed by atoms with van der Waals surface area (Å²) in [6.07, 6.45) is 2.27. The summed E-state index contributed by atoms with van der Waals surface area (Å²) in [5.41, 5.74) is 0. The molecule has 5 heteroatoms. The normalized spacial score (nSPS) is 26.6. The topological polar surface area (TPSA) is 44.8 Å². The van der Waals surface area contributed by atoms with Crippen molar-refractivity contribution in [1.29, 1.82) is 0 Å². The molecule has 0 aromatic rings. The quantitative estimate of drug-likeness (QED) is 0.692. The maximum absolute atomic E-state index is 12.2. The highest BCUT2D eigenvalue weighted by Crippen LogP contribution is 2.11. The Hall–Kier alpha value is -0.810. The summed E-state index contributed by atoms with van der Waals surface area (Å²) in [5, 5.41) is 3.34. The summed E-state index contributed by atoms with van der Waals surface area (Å²) < 4.78 is 5.25. The number of amides is 2. The van der Waals surface area contributed by atoms with Gasteiger partial charge in [-0.3, -0.25) is 0 Å². The molecule has 92 valence electrons. The van der Waals surface area contributed by atoms with Crippen LogP contribution >= 0.6 is 0 Å². The fourth-order valence-electron chi connectivity index (χ4n) is 2.30. The van der Waals surface area contributed by atoms with Crippen LogP contribution in [0.5, 0.6) is 0 Å². The van der Waals surface area contributed by atoms with Crippen molar-refractivity contribution in [2.24, 2.45) is 0 Å². The second kappa shape index (κ2) is 5.50. The number of nitrogens with zero attached hydrogens (tertiary/aromatic N) is 2. The standard InChI is InChI=1S/C11H21N3O2/c1-13(10-3-2-4-12-9-10)11(15)14-5-7-16-8-6-14/h10,12H,2-9H2,1H3/t10-/m0/s1. The van der Waals surface area contributed by atoms with Gasteiger partial charge >= 0.3 is 6.03 Å². The van der Waals surface area contributed by atoms with Crippen molar-refractivity contribution in [2.75, 3.05) is 46.4 Å². The lowest BCUT2D eigenvalue weighted by Gasteiger charge is -2.36. The fraction of sp³-hybridized carbons (Fsp3) is 0.909. The predicted octanol–water partition coefficient (Wildman–Crippen LogP) is 0.122. The summed E-state index contributed by atoms with van der Waals surface area (Å²) >= 11 is 0. The van der Waals surface area contributed by atoms with Gasteiger partial charge in [0.05, 0.1) is 13.2 Å². The molecule has 1 N–H and O–H groups in total. The molecule has 0 saturated carbocycles. The van der Waals surface area contributed by atoms with Gasteiger partial charge in [-0.15, -0.1) is 0 Å². The molecular formula is C11H21N3O2. The number of hydrogen-bond donors (Lipinski definition) is 1. The molecule has 2 heterocycles. The Morgan fingerprint density at radius 3 is 2.81 bits per heavy atom. The van der Waals surface area contributed by atoms with Gasteiger partial charge in [0.25, 0.3) is 0 Å². The summed E-state index contributed by atoms with van der Waals surface area (Å²) in [6, 6.07) is 0.501. The van der Waals surface area contributed by atoms with E-state index >= 15 is 0 Å². The maximum atomic E-state index is 12.2. The van der Waals surface area contributed by atoms with E-state index in [1.54, 1.807) is 0 Å². The number of hydrogen-bond acceptors (Lipinski definition) is 3. The number of carbonyl (C=O) groups is 1. The zero-order valence-electron chi connectivity index (χ0n) is 9.95. The van der Waals surface area contributed by atoms with Crippen molar-refractivity contribution in [3.63, 3.8) is 0 Å². The largest absolute Gasteiger partial charge is 0.378 e. The maximum Gasteiger partial charge on any atom is 0.320 e. The van der Waals surface area contributed by atoms with Crippen LogP contribution in [0.3, 0.4) is 0 Å². The number of urea groups is 1. The van der Waals surface area contributed by atoms with Crippen LogP contribution in [0, 0.1) is 0 Å². The average Bonchev–Trinajstić information content (AvgIpc) is 2.39. The first-order chi connectivity index (χ1) is 7.79. The van der Waals surface area contributed by atoms with Crippen LogP contribution in [0.2, 0.25) is 0 Å². The molecular weight excluding hydrogens is 206 g/mol. The summed E-state index contributed by atoms with van der Waals surface area (Å²) in [5.74, 6) is 0. The van der Waals surface area contributed by atoms with Crippen molar-refractivity contribution in [3.8, 4) is 0 Å². The molecule has 0 spiro atoms. The highest BCUT2D eigenvalue weighted by atomic mass is 16.5. The van der Waals surface area contributed by atoms with E-state index in [1.165, 1.54) is 0 Å². The zero-order valence-corrected chi connectivity index (χ0v) is 9.95. The van der Waals surface area contributed by atoms with Crippen LogP contribution < -0.4 is 5.32 Å². The van der Waals surface area contributed by atoms with Crippen LogP contribution in [0.25, 0.3) is 0 Å². The molecule has 0 bridgehead atoms. The highest BCUT2D eigenvalue weighted by molar-refractivity contribution is 5.74. The number of likely N-dealkylation sites (N-methyl/N-ethyl adjacent to an activating group) is 1. The van der Waals surface area contributed by atoms with E-state index < -0.39 is 0 Å². The second-order valence-electron chi connectivity index (χ2n) is 4.49. The molecule has 0 aliphatic carbocycles. The molecule has 16 heavy (non-hydrogen) atoms. The molecule has 5 nitrogen and oxygen atoms in total. The number of carbonyl (C=O) groups excluding carboxylic acids is 1. The van der Waals surface area contributed by atoms with Crippen LogP contribution in [0.4, 0.5) is 4.79 Å². The Morgan fingerprint density at radius 1 is 1.44 bits per heavy atom. The molecule has 0 radical (unpaired) electrons. The number of rotatable bonds is 1. The number of nitrogens with one attached hydrogen (secondary N) is 1.